The van der Waals surface area contributed by atoms with Crippen LogP contribution in [0.15, 0.2) is 24.3 Å². The summed E-state index contributed by atoms with van der Waals surface area (Å²) in [5.74, 6) is 1.27. The first-order valence-corrected chi connectivity index (χ1v) is 8.36. The lowest BCUT2D eigenvalue weighted by molar-refractivity contribution is -0.143. The zero-order valence-electron chi connectivity index (χ0n) is 13.6. The maximum atomic E-state index is 12.7. The van der Waals surface area contributed by atoms with Gasteiger partial charge < -0.3 is 19.5 Å². The molecule has 0 bridgehead atoms. The number of ether oxygens (including phenoxy) is 2. The highest BCUT2D eigenvalue weighted by Gasteiger charge is 2.42. The molecule has 1 aromatic rings. The van der Waals surface area contributed by atoms with E-state index in [0.29, 0.717) is 26.0 Å². The van der Waals surface area contributed by atoms with E-state index in [1.165, 1.54) is 0 Å². The summed E-state index contributed by atoms with van der Waals surface area (Å²) in [6.07, 6.45) is 2.96. The molecular formula is C18H25NO4. The molecule has 1 unspecified atom stereocenters. The zero-order chi connectivity index (χ0) is 16.2. The minimum atomic E-state index is 0.0936. The van der Waals surface area contributed by atoms with E-state index in [0.717, 1.165) is 24.2 Å². The summed E-state index contributed by atoms with van der Waals surface area (Å²) in [5, 5.41) is 9.37. The van der Waals surface area contributed by atoms with Gasteiger partial charge in [0.1, 0.15) is 5.75 Å². The largest absolute Gasteiger partial charge is 0.496 e. The van der Waals surface area contributed by atoms with Gasteiger partial charge in [-0.3, -0.25) is 4.79 Å². The van der Waals surface area contributed by atoms with Crippen molar-refractivity contribution in [1.29, 1.82) is 0 Å². The van der Waals surface area contributed by atoms with Gasteiger partial charge in [-0.1, -0.05) is 18.2 Å². The second-order valence-electron chi connectivity index (χ2n) is 6.40. The fraction of sp³-hybridized carbons (Fsp3) is 0.611. The first kappa shape index (κ1) is 16.3. The van der Waals surface area contributed by atoms with Crippen LogP contribution in [-0.4, -0.2) is 54.9 Å². The highest BCUT2D eigenvalue weighted by Crippen LogP contribution is 2.34. The van der Waals surface area contributed by atoms with Gasteiger partial charge >= 0.3 is 0 Å². The number of hydrogen-bond acceptors (Lipinski definition) is 4. The molecule has 126 valence electrons. The Morgan fingerprint density at radius 2 is 2.22 bits per heavy atom. The fourth-order valence-electron chi connectivity index (χ4n) is 3.80. The van der Waals surface area contributed by atoms with Crippen molar-refractivity contribution in [1.82, 2.24) is 4.90 Å². The average molecular weight is 319 g/mol. The highest BCUT2D eigenvalue weighted by atomic mass is 16.5. The van der Waals surface area contributed by atoms with Gasteiger partial charge in [0.15, 0.2) is 0 Å². The third kappa shape index (κ3) is 3.51. The Morgan fingerprint density at radius 1 is 1.39 bits per heavy atom. The minimum Gasteiger partial charge on any atom is -0.496 e. The molecule has 0 radical (unpaired) electrons. The lowest BCUT2D eigenvalue weighted by Crippen LogP contribution is -2.51. The molecular weight excluding hydrogens is 294 g/mol. The van der Waals surface area contributed by atoms with E-state index in [2.05, 4.69) is 0 Å². The number of para-hydroxylation sites is 1. The topological polar surface area (TPSA) is 59.0 Å². The normalized spacial score (nSPS) is 26.9. The fourth-order valence-corrected chi connectivity index (χ4v) is 3.80. The van der Waals surface area contributed by atoms with Crippen molar-refractivity contribution in [2.45, 2.75) is 37.8 Å². The third-order valence-electron chi connectivity index (χ3n) is 5.01. The van der Waals surface area contributed by atoms with Gasteiger partial charge in [-0.25, -0.2) is 0 Å². The molecule has 23 heavy (non-hydrogen) atoms. The van der Waals surface area contributed by atoms with Gasteiger partial charge in [0, 0.05) is 19.6 Å². The molecule has 1 aromatic carbocycles. The number of carbonyl (C=O) groups is 1. The quantitative estimate of drug-likeness (QED) is 0.896. The standard InChI is InChI=1S/C18H25NO4/c1-22-16-5-3-2-4-14(16)6-7-18(21)19-8-9-23-17-11-13(12-20)10-15(17)19/h2-5,13,15,17,20H,6-12H2,1H3/t13-,15+,17?/m1/s1. The van der Waals surface area contributed by atoms with Crippen LogP contribution in [0.5, 0.6) is 5.75 Å². The third-order valence-corrected chi connectivity index (χ3v) is 5.01. The molecule has 3 atom stereocenters. The number of benzene rings is 1. The Labute approximate surface area is 137 Å². The first-order chi connectivity index (χ1) is 11.2. The van der Waals surface area contributed by atoms with Crippen LogP contribution >= 0.6 is 0 Å². The van der Waals surface area contributed by atoms with Crippen LogP contribution in [0.3, 0.4) is 0 Å². The second-order valence-corrected chi connectivity index (χ2v) is 6.40. The number of carbonyl (C=O) groups excluding carboxylic acids is 1. The van der Waals surface area contributed by atoms with Crippen LogP contribution in [-0.2, 0) is 16.0 Å². The molecule has 1 amide bonds. The molecule has 1 saturated heterocycles. The molecule has 2 aliphatic rings. The summed E-state index contributed by atoms with van der Waals surface area (Å²) >= 11 is 0. The van der Waals surface area contributed by atoms with Crippen LogP contribution in [0.25, 0.3) is 0 Å². The van der Waals surface area contributed by atoms with Crippen LogP contribution in [0.2, 0.25) is 0 Å². The molecule has 2 fully saturated rings. The number of nitrogens with zero attached hydrogens (tertiary/aromatic N) is 1. The number of amides is 1. The maximum Gasteiger partial charge on any atom is 0.223 e. The molecule has 5 heteroatoms. The molecule has 3 rings (SSSR count). The molecule has 1 N–H and O–H groups in total. The number of aliphatic hydroxyl groups is 1. The monoisotopic (exact) mass is 319 g/mol. The lowest BCUT2D eigenvalue weighted by Gasteiger charge is -2.37. The molecule has 0 spiro atoms. The van der Waals surface area contributed by atoms with Gasteiger partial charge in [-0.2, -0.15) is 0 Å². The van der Waals surface area contributed by atoms with Crippen LogP contribution in [0.4, 0.5) is 0 Å². The first-order valence-electron chi connectivity index (χ1n) is 8.36. The summed E-state index contributed by atoms with van der Waals surface area (Å²) in [4.78, 5) is 14.6. The molecule has 1 saturated carbocycles. The van der Waals surface area contributed by atoms with E-state index in [1.807, 2.05) is 29.2 Å². The molecule has 1 heterocycles. The van der Waals surface area contributed by atoms with Crippen molar-refractivity contribution < 1.29 is 19.4 Å². The van der Waals surface area contributed by atoms with E-state index in [9.17, 15) is 9.90 Å². The van der Waals surface area contributed by atoms with Gasteiger partial charge in [0.25, 0.3) is 0 Å². The predicted molar refractivity (Wildman–Crippen MR) is 86.4 cm³/mol. The van der Waals surface area contributed by atoms with Crippen LogP contribution < -0.4 is 4.74 Å². The summed E-state index contributed by atoms with van der Waals surface area (Å²) in [6, 6.07) is 7.96. The number of aryl methyl sites for hydroxylation is 1. The Balaban J connectivity index is 1.61. The van der Waals surface area contributed by atoms with Gasteiger partial charge in [-0.05, 0) is 36.8 Å². The highest BCUT2D eigenvalue weighted by molar-refractivity contribution is 5.77. The number of hydrogen-bond donors (Lipinski definition) is 1. The summed E-state index contributed by atoms with van der Waals surface area (Å²) in [6.45, 7) is 1.43. The smallest absolute Gasteiger partial charge is 0.223 e. The van der Waals surface area contributed by atoms with Crippen molar-refractivity contribution in [3.63, 3.8) is 0 Å². The van der Waals surface area contributed by atoms with Crippen molar-refractivity contribution in [3.8, 4) is 5.75 Å². The van der Waals surface area contributed by atoms with Gasteiger partial charge in [-0.15, -0.1) is 0 Å². The van der Waals surface area contributed by atoms with E-state index < -0.39 is 0 Å². The Morgan fingerprint density at radius 3 is 3.00 bits per heavy atom. The average Bonchev–Trinajstić information content (AvgIpc) is 3.03. The van der Waals surface area contributed by atoms with E-state index in [-0.39, 0.29) is 30.6 Å². The number of fused-ring (bicyclic) bond motifs is 1. The van der Waals surface area contributed by atoms with Crippen molar-refractivity contribution in [2.75, 3.05) is 26.9 Å². The molecule has 1 aliphatic carbocycles. The van der Waals surface area contributed by atoms with Crippen LogP contribution in [0.1, 0.15) is 24.8 Å². The molecule has 5 nitrogen and oxygen atoms in total. The summed E-state index contributed by atoms with van der Waals surface area (Å²) < 4.78 is 11.1. The maximum absolute atomic E-state index is 12.7. The second kappa shape index (κ2) is 7.32. The van der Waals surface area contributed by atoms with E-state index >= 15 is 0 Å². The van der Waals surface area contributed by atoms with Crippen molar-refractivity contribution in [3.05, 3.63) is 29.8 Å². The lowest BCUT2D eigenvalue weighted by atomic mass is 10.1. The number of methoxy groups -OCH3 is 1. The van der Waals surface area contributed by atoms with Gasteiger partial charge in [0.2, 0.25) is 5.91 Å². The Kier molecular flexibility index (Phi) is 5.18. The van der Waals surface area contributed by atoms with E-state index in [4.69, 9.17) is 9.47 Å². The van der Waals surface area contributed by atoms with Crippen molar-refractivity contribution >= 4 is 5.91 Å². The zero-order valence-corrected chi connectivity index (χ0v) is 13.6. The molecule has 1 aliphatic heterocycles. The van der Waals surface area contributed by atoms with Crippen molar-refractivity contribution in [2.24, 2.45) is 5.92 Å². The Hall–Kier alpha value is -1.59. The van der Waals surface area contributed by atoms with E-state index in [1.54, 1.807) is 7.11 Å². The van der Waals surface area contributed by atoms with Gasteiger partial charge in [0.05, 0.1) is 25.9 Å². The molecule has 0 aromatic heterocycles. The predicted octanol–water partition coefficient (Wildman–Crippen LogP) is 1.63. The Bertz CT molecular complexity index is 548. The SMILES string of the molecule is COc1ccccc1CCC(=O)N1CCOC2C[C@H](CO)C[C@@H]21. The summed E-state index contributed by atoms with van der Waals surface area (Å²) in [5.41, 5.74) is 1.06. The summed E-state index contributed by atoms with van der Waals surface area (Å²) in [7, 11) is 1.65. The minimum absolute atomic E-state index is 0.0936. The number of aliphatic hydroxyl groups excluding tert-OH is 1. The number of morpholine rings is 1. The number of rotatable bonds is 5. The van der Waals surface area contributed by atoms with Crippen LogP contribution in [0, 0.1) is 5.92 Å².